The Balaban J connectivity index is 2.42. The second kappa shape index (κ2) is 5.32. The van der Waals surface area contributed by atoms with Crippen molar-refractivity contribution in [3.63, 3.8) is 0 Å². The van der Waals surface area contributed by atoms with Crippen LogP contribution in [0.15, 0.2) is 24.3 Å². The molecule has 2 aromatic rings. The number of nitrogens with zero attached hydrogens (tertiary/aromatic N) is 2. The Labute approximate surface area is 102 Å². The lowest BCUT2D eigenvalue weighted by atomic mass is 10.2. The second-order valence-electron chi connectivity index (χ2n) is 4.37. The number of methoxy groups -OCH3 is 1. The maximum absolute atomic E-state index is 5.16. The van der Waals surface area contributed by atoms with Crippen LogP contribution >= 0.6 is 0 Å². The van der Waals surface area contributed by atoms with E-state index < -0.39 is 0 Å². The van der Waals surface area contributed by atoms with Crippen LogP contribution in [0.5, 0.6) is 0 Å². The number of para-hydroxylation sites is 2. The monoisotopic (exact) mass is 232 g/mol. The molecule has 0 saturated heterocycles. The van der Waals surface area contributed by atoms with Gasteiger partial charge in [-0.3, -0.25) is 0 Å². The maximum Gasteiger partial charge on any atom is 0.109 e. The quantitative estimate of drug-likeness (QED) is 0.791. The van der Waals surface area contributed by atoms with Crippen molar-refractivity contribution in [3.05, 3.63) is 30.1 Å². The summed E-state index contributed by atoms with van der Waals surface area (Å²) in [6, 6.07) is 8.76. The topological polar surface area (TPSA) is 27.1 Å². The summed E-state index contributed by atoms with van der Waals surface area (Å²) in [7, 11) is 1.75. The van der Waals surface area contributed by atoms with Gasteiger partial charge >= 0.3 is 0 Å². The highest BCUT2D eigenvalue weighted by Gasteiger charge is 2.13. The summed E-state index contributed by atoms with van der Waals surface area (Å²) in [6.45, 7) is 5.17. The summed E-state index contributed by atoms with van der Waals surface area (Å²) >= 11 is 0. The average molecular weight is 232 g/mol. The first-order valence-electron chi connectivity index (χ1n) is 6.22. The minimum absolute atomic E-state index is 0.428. The van der Waals surface area contributed by atoms with Gasteiger partial charge in [0.1, 0.15) is 5.82 Å². The Hall–Kier alpha value is -1.35. The van der Waals surface area contributed by atoms with E-state index in [1.807, 2.05) is 6.07 Å². The minimum atomic E-state index is 0.428. The van der Waals surface area contributed by atoms with Gasteiger partial charge in [0.25, 0.3) is 0 Å². The molecule has 0 aliphatic heterocycles. The summed E-state index contributed by atoms with van der Waals surface area (Å²) in [5.74, 6) is 1.16. The van der Waals surface area contributed by atoms with Gasteiger partial charge in [-0.15, -0.1) is 0 Å². The van der Waals surface area contributed by atoms with Crippen molar-refractivity contribution in [2.24, 2.45) is 0 Å². The highest BCUT2D eigenvalue weighted by Crippen LogP contribution is 2.23. The maximum atomic E-state index is 5.16. The Kier molecular flexibility index (Phi) is 3.79. The molecule has 17 heavy (non-hydrogen) atoms. The van der Waals surface area contributed by atoms with Crippen LogP contribution in [0.1, 0.15) is 32.1 Å². The number of rotatable bonds is 5. The molecular weight excluding hydrogens is 212 g/mol. The van der Waals surface area contributed by atoms with Gasteiger partial charge in [-0.05, 0) is 25.5 Å². The molecular formula is C14H20N2O. The number of aromatic nitrogens is 2. The molecule has 0 aliphatic rings. The zero-order valence-electron chi connectivity index (χ0n) is 10.8. The largest absolute Gasteiger partial charge is 0.385 e. The van der Waals surface area contributed by atoms with Crippen LogP contribution in [0.2, 0.25) is 0 Å². The van der Waals surface area contributed by atoms with Crippen molar-refractivity contribution in [3.8, 4) is 0 Å². The van der Waals surface area contributed by atoms with Crippen LogP contribution in [0.4, 0.5) is 0 Å². The molecule has 0 amide bonds. The third-order valence-corrected chi connectivity index (χ3v) is 3.17. The first-order chi connectivity index (χ1) is 8.27. The molecule has 0 N–H and O–H groups in total. The SMILES string of the molecule is CCc1nc2ccccc2n1C(C)CCOC. The van der Waals surface area contributed by atoms with E-state index in [2.05, 4.69) is 41.6 Å². The number of hydrogen-bond donors (Lipinski definition) is 0. The van der Waals surface area contributed by atoms with Crippen LogP contribution < -0.4 is 0 Å². The van der Waals surface area contributed by atoms with Gasteiger partial charge < -0.3 is 9.30 Å². The molecule has 1 heterocycles. The average Bonchev–Trinajstić information content (AvgIpc) is 2.74. The van der Waals surface area contributed by atoms with Crippen molar-refractivity contribution in [1.29, 1.82) is 0 Å². The van der Waals surface area contributed by atoms with Gasteiger partial charge in [-0.25, -0.2) is 4.98 Å². The highest BCUT2D eigenvalue weighted by molar-refractivity contribution is 5.76. The van der Waals surface area contributed by atoms with E-state index in [-0.39, 0.29) is 0 Å². The Morgan fingerprint density at radius 2 is 2.12 bits per heavy atom. The van der Waals surface area contributed by atoms with E-state index in [4.69, 9.17) is 4.74 Å². The minimum Gasteiger partial charge on any atom is -0.385 e. The fourth-order valence-electron chi connectivity index (χ4n) is 2.25. The van der Waals surface area contributed by atoms with E-state index in [9.17, 15) is 0 Å². The van der Waals surface area contributed by atoms with Crippen molar-refractivity contribution in [2.45, 2.75) is 32.7 Å². The van der Waals surface area contributed by atoms with Crippen LogP contribution in [0.3, 0.4) is 0 Å². The molecule has 3 nitrogen and oxygen atoms in total. The van der Waals surface area contributed by atoms with Crippen molar-refractivity contribution in [1.82, 2.24) is 9.55 Å². The number of imidazole rings is 1. The van der Waals surface area contributed by atoms with Gasteiger partial charge in [0.2, 0.25) is 0 Å². The number of benzene rings is 1. The first-order valence-corrected chi connectivity index (χ1v) is 6.22. The molecule has 1 aromatic carbocycles. The smallest absolute Gasteiger partial charge is 0.109 e. The van der Waals surface area contributed by atoms with Crippen LogP contribution in [-0.4, -0.2) is 23.3 Å². The van der Waals surface area contributed by atoms with Crippen LogP contribution in [0, 0.1) is 0 Å². The van der Waals surface area contributed by atoms with E-state index in [0.29, 0.717) is 6.04 Å². The fourth-order valence-corrected chi connectivity index (χ4v) is 2.25. The van der Waals surface area contributed by atoms with Gasteiger partial charge in [-0.2, -0.15) is 0 Å². The summed E-state index contributed by atoms with van der Waals surface area (Å²) < 4.78 is 7.50. The van der Waals surface area contributed by atoms with Crippen molar-refractivity contribution >= 4 is 11.0 Å². The molecule has 1 atom stereocenters. The predicted octanol–water partition coefficient (Wildman–Crippen LogP) is 3.20. The second-order valence-corrected chi connectivity index (χ2v) is 4.37. The Morgan fingerprint density at radius 1 is 1.35 bits per heavy atom. The molecule has 0 aliphatic carbocycles. The third kappa shape index (κ3) is 2.34. The molecule has 3 heteroatoms. The van der Waals surface area contributed by atoms with E-state index in [0.717, 1.165) is 30.8 Å². The summed E-state index contributed by atoms with van der Waals surface area (Å²) in [6.07, 6.45) is 1.98. The molecule has 0 saturated carbocycles. The molecule has 92 valence electrons. The zero-order valence-corrected chi connectivity index (χ0v) is 10.8. The summed E-state index contributed by atoms with van der Waals surface area (Å²) in [5.41, 5.74) is 2.32. The summed E-state index contributed by atoms with van der Waals surface area (Å²) in [5, 5.41) is 0. The van der Waals surface area contributed by atoms with Gasteiger partial charge in [-0.1, -0.05) is 19.1 Å². The molecule has 1 aromatic heterocycles. The fraction of sp³-hybridized carbons (Fsp3) is 0.500. The van der Waals surface area contributed by atoms with Crippen molar-refractivity contribution < 1.29 is 4.74 Å². The Bertz CT molecular complexity index is 490. The molecule has 0 fully saturated rings. The normalized spacial score (nSPS) is 13.1. The van der Waals surface area contributed by atoms with Crippen molar-refractivity contribution in [2.75, 3.05) is 13.7 Å². The summed E-state index contributed by atoms with van der Waals surface area (Å²) in [4.78, 5) is 4.68. The van der Waals surface area contributed by atoms with Gasteiger partial charge in [0.05, 0.1) is 11.0 Å². The highest BCUT2D eigenvalue weighted by atomic mass is 16.5. The molecule has 0 spiro atoms. The first kappa shape index (κ1) is 12.1. The lowest BCUT2D eigenvalue weighted by Crippen LogP contribution is -2.11. The lowest BCUT2D eigenvalue weighted by Gasteiger charge is -2.16. The molecule has 0 radical (unpaired) electrons. The van der Waals surface area contributed by atoms with Gasteiger partial charge in [0, 0.05) is 26.2 Å². The number of aryl methyl sites for hydroxylation is 1. The standard InChI is InChI=1S/C14H20N2O/c1-4-14-15-12-7-5-6-8-13(12)16(14)11(2)9-10-17-3/h5-8,11H,4,9-10H2,1-3H3. The van der Waals surface area contributed by atoms with E-state index in [1.54, 1.807) is 7.11 Å². The third-order valence-electron chi connectivity index (χ3n) is 3.17. The zero-order chi connectivity index (χ0) is 12.3. The van der Waals surface area contributed by atoms with E-state index >= 15 is 0 Å². The van der Waals surface area contributed by atoms with Crippen LogP contribution in [0.25, 0.3) is 11.0 Å². The predicted molar refractivity (Wildman–Crippen MR) is 70.3 cm³/mol. The number of ether oxygens (including phenoxy) is 1. The number of hydrogen-bond acceptors (Lipinski definition) is 2. The molecule has 1 unspecified atom stereocenters. The van der Waals surface area contributed by atoms with E-state index in [1.165, 1.54) is 5.52 Å². The number of fused-ring (bicyclic) bond motifs is 1. The molecule has 2 rings (SSSR count). The molecule has 0 bridgehead atoms. The van der Waals surface area contributed by atoms with Gasteiger partial charge in [0.15, 0.2) is 0 Å². The van der Waals surface area contributed by atoms with Crippen LogP contribution in [-0.2, 0) is 11.2 Å². The Morgan fingerprint density at radius 3 is 2.82 bits per heavy atom. The lowest BCUT2D eigenvalue weighted by molar-refractivity contribution is 0.181.